The molecule has 0 fully saturated rings. The highest BCUT2D eigenvalue weighted by molar-refractivity contribution is 5.80. The number of imidazole rings is 1. The monoisotopic (exact) mass is 400 g/mol. The van der Waals surface area contributed by atoms with Gasteiger partial charge in [0.25, 0.3) is 0 Å². The van der Waals surface area contributed by atoms with E-state index >= 15 is 0 Å². The van der Waals surface area contributed by atoms with Crippen LogP contribution in [0.5, 0.6) is 11.5 Å². The molecule has 0 bridgehead atoms. The highest BCUT2D eigenvalue weighted by atomic mass is 16.5. The summed E-state index contributed by atoms with van der Waals surface area (Å²) in [5.41, 5.74) is 5.56. The van der Waals surface area contributed by atoms with Crippen LogP contribution in [0, 0.1) is 6.92 Å². The van der Waals surface area contributed by atoms with Crippen LogP contribution >= 0.6 is 0 Å². The molecule has 4 nitrogen and oxygen atoms in total. The van der Waals surface area contributed by atoms with Gasteiger partial charge in [-0.1, -0.05) is 50.2 Å². The van der Waals surface area contributed by atoms with Crippen LogP contribution in [0.15, 0.2) is 66.7 Å². The molecule has 0 spiro atoms. The van der Waals surface area contributed by atoms with Gasteiger partial charge in [-0.3, -0.25) is 0 Å². The molecular formula is C26H28N2O2. The van der Waals surface area contributed by atoms with Gasteiger partial charge in [-0.05, 0) is 54.3 Å². The van der Waals surface area contributed by atoms with Crippen LogP contribution in [0.25, 0.3) is 22.4 Å². The molecule has 4 heteroatoms. The van der Waals surface area contributed by atoms with E-state index in [9.17, 15) is 0 Å². The van der Waals surface area contributed by atoms with Gasteiger partial charge in [0.1, 0.15) is 23.9 Å². The Morgan fingerprint density at radius 2 is 1.80 bits per heavy atom. The van der Waals surface area contributed by atoms with Crippen molar-refractivity contribution in [3.05, 3.63) is 77.9 Å². The van der Waals surface area contributed by atoms with Gasteiger partial charge < -0.3 is 14.0 Å². The Hall–Kier alpha value is -3.27. The summed E-state index contributed by atoms with van der Waals surface area (Å²) in [6, 6.07) is 22.7. The minimum atomic E-state index is 0.419. The Morgan fingerprint density at radius 3 is 2.60 bits per heavy atom. The van der Waals surface area contributed by atoms with E-state index in [2.05, 4.69) is 55.7 Å². The van der Waals surface area contributed by atoms with Gasteiger partial charge in [0.15, 0.2) is 0 Å². The second-order valence-electron chi connectivity index (χ2n) is 7.85. The summed E-state index contributed by atoms with van der Waals surface area (Å²) in [5, 5.41) is 0. The topological polar surface area (TPSA) is 36.3 Å². The van der Waals surface area contributed by atoms with Crippen LogP contribution < -0.4 is 9.47 Å². The number of nitrogens with zero attached hydrogens (tertiary/aromatic N) is 2. The molecule has 1 heterocycles. The molecule has 0 saturated carbocycles. The third-order valence-electron chi connectivity index (χ3n) is 5.35. The molecule has 0 aliphatic heterocycles. The van der Waals surface area contributed by atoms with Gasteiger partial charge >= 0.3 is 0 Å². The molecule has 154 valence electrons. The van der Waals surface area contributed by atoms with Gasteiger partial charge in [-0.2, -0.15) is 0 Å². The summed E-state index contributed by atoms with van der Waals surface area (Å²) in [6.07, 6.45) is 0. The summed E-state index contributed by atoms with van der Waals surface area (Å²) in [6.45, 7) is 7.77. The van der Waals surface area contributed by atoms with Crippen LogP contribution in [0.1, 0.15) is 30.9 Å². The van der Waals surface area contributed by atoms with Crippen molar-refractivity contribution in [2.24, 2.45) is 0 Å². The molecule has 0 radical (unpaired) electrons. The highest BCUT2D eigenvalue weighted by Gasteiger charge is 2.14. The maximum Gasteiger partial charge on any atom is 0.141 e. The SMILES string of the molecule is COc1cccc(-c2nc3ccccc3n2CCOc2cc(C)ccc2C(C)C)c1. The van der Waals surface area contributed by atoms with Crippen molar-refractivity contribution in [1.29, 1.82) is 0 Å². The van der Waals surface area contributed by atoms with E-state index in [4.69, 9.17) is 14.5 Å². The Kier molecular flexibility index (Phi) is 5.75. The zero-order chi connectivity index (χ0) is 21.1. The maximum atomic E-state index is 6.26. The smallest absolute Gasteiger partial charge is 0.141 e. The van der Waals surface area contributed by atoms with Crippen molar-refractivity contribution >= 4 is 11.0 Å². The molecule has 0 atom stereocenters. The van der Waals surface area contributed by atoms with Crippen molar-refractivity contribution in [3.63, 3.8) is 0 Å². The minimum Gasteiger partial charge on any atom is -0.497 e. The molecule has 3 aromatic carbocycles. The molecule has 0 unspecified atom stereocenters. The quantitative estimate of drug-likeness (QED) is 0.369. The number of aryl methyl sites for hydroxylation is 1. The van der Waals surface area contributed by atoms with Crippen LogP contribution in [0.2, 0.25) is 0 Å². The van der Waals surface area contributed by atoms with Crippen molar-refractivity contribution in [2.45, 2.75) is 33.2 Å². The number of ether oxygens (including phenoxy) is 2. The standard InChI is InChI=1S/C26H28N2O2/c1-18(2)22-13-12-19(3)16-25(22)30-15-14-28-24-11-6-5-10-23(24)27-26(28)20-8-7-9-21(17-20)29-4/h5-13,16-18H,14-15H2,1-4H3. The third-order valence-corrected chi connectivity index (χ3v) is 5.35. The molecule has 30 heavy (non-hydrogen) atoms. The number of benzene rings is 3. The largest absolute Gasteiger partial charge is 0.497 e. The number of aromatic nitrogens is 2. The third kappa shape index (κ3) is 4.04. The first kappa shape index (κ1) is 20.0. The Labute approximate surface area is 178 Å². The van der Waals surface area contributed by atoms with E-state index in [0.29, 0.717) is 19.1 Å². The second kappa shape index (κ2) is 8.62. The minimum absolute atomic E-state index is 0.419. The molecule has 0 N–H and O–H groups in total. The van der Waals surface area contributed by atoms with Crippen LogP contribution in [-0.4, -0.2) is 23.3 Å². The number of hydrogen-bond acceptors (Lipinski definition) is 3. The summed E-state index contributed by atoms with van der Waals surface area (Å²) in [4.78, 5) is 4.90. The number of hydrogen-bond donors (Lipinski definition) is 0. The van der Waals surface area contributed by atoms with E-state index in [1.54, 1.807) is 7.11 Å². The van der Waals surface area contributed by atoms with Crippen molar-refractivity contribution in [1.82, 2.24) is 9.55 Å². The predicted molar refractivity (Wildman–Crippen MR) is 122 cm³/mol. The van der Waals surface area contributed by atoms with Crippen molar-refractivity contribution < 1.29 is 9.47 Å². The Morgan fingerprint density at radius 1 is 0.967 bits per heavy atom. The fraction of sp³-hybridized carbons (Fsp3) is 0.269. The normalized spacial score (nSPS) is 11.2. The fourth-order valence-electron chi connectivity index (χ4n) is 3.77. The lowest BCUT2D eigenvalue weighted by Crippen LogP contribution is -2.11. The number of methoxy groups -OCH3 is 1. The average Bonchev–Trinajstić information content (AvgIpc) is 3.12. The van der Waals surface area contributed by atoms with Gasteiger partial charge in [-0.25, -0.2) is 4.98 Å². The first-order valence-electron chi connectivity index (χ1n) is 10.4. The molecule has 0 saturated heterocycles. The van der Waals surface area contributed by atoms with E-state index in [1.807, 2.05) is 36.4 Å². The summed E-state index contributed by atoms with van der Waals surface area (Å²) in [5.74, 6) is 3.13. The van der Waals surface area contributed by atoms with E-state index < -0.39 is 0 Å². The Bertz CT molecular complexity index is 1160. The van der Waals surface area contributed by atoms with E-state index in [0.717, 1.165) is 33.9 Å². The lowest BCUT2D eigenvalue weighted by Gasteiger charge is -2.16. The number of rotatable bonds is 7. The molecule has 4 aromatic rings. The van der Waals surface area contributed by atoms with Gasteiger partial charge in [0.2, 0.25) is 0 Å². The van der Waals surface area contributed by atoms with Gasteiger partial charge in [0, 0.05) is 5.56 Å². The lowest BCUT2D eigenvalue weighted by atomic mass is 10.0. The molecule has 0 aliphatic carbocycles. The Balaban J connectivity index is 1.65. The maximum absolute atomic E-state index is 6.26. The molecule has 0 aliphatic rings. The molecular weight excluding hydrogens is 372 g/mol. The first-order chi connectivity index (χ1) is 14.6. The van der Waals surface area contributed by atoms with Crippen molar-refractivity contribution in [2.75, 3.05) is 13.7 Å². The molecule has 1 aromatic heterocycles. The van der Waals surface area contributed by atoms with Crippen molar-refractivity contribution in [3.8, 4) is 22.9 Å². The zero-order valence-corrected chi connectivity index (χ0v) is 18.1. The van der Waals surface area contributed by atoms with Crippen LogP contribution in [0.3, 0.4) is 0 Å². The van der Waals surface area contributed by atoms with Crippen LogP contribution in [0.4, 0.5) is 0 Å². The average molecular weight is 401 g/mol. The van der Waals surface area contributed by atoms with Gasteiger partial charge in [0.05, 0.1) is 24.7 Å². The fourth-order valence-corrected chi connectivity index (χ4v) is 3.77. The molecule has 0 amide bonds. The predicted octanol–water partition coefficient (Wildman–Crippen LogP) is 6.22. The van der Waals surface area contributed by atoms with Crippen LogP contribution in [-0.2, 0) is 6.54 Å². The molecule has 4 rings (SSSR count). The first-order valence-corrected chi connectivity index (χ1v) is 10.4. The number of para-hydroxylation sites is 2. The highest BCUT2D eigenvalue weighted by Crippen LogP contribution is 2.29. The van der Waals surface area contributed by atoms with Gasteiger partial charge in [-0.15, -0.1) is 0 Å². The summed E-state index contributed by atoms with van der Waals surface area (Å²) >= 11 is 0. The summed E-state index contributed by atoms with van der Waals surface area (Å²) in [7, 11) is 1.68. The lowest BCUT2D eigenvalue weighted by molar-refractivity contribution is 0.296. The zero-order valence-electron chi connectivity index (χ0n) is 18.1. The number of fused-ring (bicyclic) bond motifs is 1. The van der Waals surface area contributed by atoms with E-state index in [1.165, 1.54) is 11.1 Å². The van der Waals surface area contributed by atoms with E-state index in [-0.39, 0.29) is 0 Å². The second-order valence-corrected chi connectivity index (χ2v) is 7.85. The summed E-state index contributed by atoms with van der Waals surface area (Å²) < 4.78 is 13.9.